The summed E-state index contributed by atoms with van der Waals surface area (Å²) in [4.78, 5) is 0. The SMILES string of the molecule is C1=CC(n2c3ccccc3c3ccccc32)Cc2c1n(CCCCC1C3C=CC31)c1ccc(-n3c4ccccc4c4ccccc43)cc21. The molecule has 0 spiro atoms. The summed E-state index contributed by atoms with van der Waals surface area (Å²) in [5.74, 6) is 2.75. The molecular formula is C45H37N3. The number of nitrogens with zero attached hydrogens (tertiary/aromatic N) is 3. The van der Waals surface area contributed by atoms with E-state index in [1.165, 1.54) is 90.7 Å². The fourth-order valence-electron chi connectivity index (χ4n) is 9.50. The van der Waals surface area contributed by atoms with Crippen LogP contribution in [0.1, 0.15) is 36.6 Å². The third-order valence-electron chi connectivity index (χ3n) is 11.9. The molecule has 3 atom stereocenters. The molecule has 8 aromatic rings. The van der Waals surface area contributed by atoms with Gasteiger partial charge in [-0.15, -0.1) is 0 Å². The molecule has 3 aliphatic rings. The summed E-state index contributed by atoms with van der Waals surface area (Å²) in [7, 11) is 0. The Kier molecular flexibility index (Phi) is 5.63. The standard InChI is InChI=1S/C45H37N3/c1-5-16-42-34(12-1)35-13-2-6-17-43(35)47(42)29-20-24-40-38(27-29)39-28-30(48-44-18-7-3-14-36(44)37-15-4-8-19-45(37)48)21-25-41(39)46(40)26-10-9-11-31-32-22-23-33(31)32/h1-8,12-25,27,30-33H,9-11,26,28H2. The number of allylic oxidation sites excluding steroid dienone is 3. The largest absolute Gasteiger partial charge is 0.341 e. The van der Waals surface area contributed by atoms with Crippen LogP contribution in [0.5, 0.6) is 0 Å². The maximum Gasteiger partial charge on any atom is 0.0567 e. The van der Waals surface area contributed by atoms with Gasteiger partial charge in [0, 0.05) is 61.4 Å². The molecule has 0 amide bonds. The van der Waals surface area contributed by atoms with Crippen molar-refractivity contribution in [2.75, 3.05) is 0 Å². The lowest BCUT2D eigenvalue weighted by atomic mass is 9.96. The summed E-state index contributed by atoms with van der Waals surface area (Å²) < 4.78 is 7.69. The van der Waals surface area contributed by atoms with E-state index < -0.39 is 0 Å². The van der Waals surface area contributed by atoms with Gasteiger partial charge in [0.25, 0.3) is 0 Å². The average Bonchev–Trinajstić information content (AvgIpc) is 3.44. The Morgan fingerprint density at radius 3 is 1.75 bits per heavy atom. The number of aryl methyl sites for hydroxylation is 1. The summed E-state index contributed by atoms with van der Waals surface area (Å²) in [6, 6.07) is 43.0. The van der Waals surface area contributed by atoms with Crippen LogP contribution < -0.4 is 0 Å². The monoisotopic (exact) mass is 619 g/mol. The summed E-state index contributed by atoms with van der Waals surface area (Å²) in [6.07, 6.45) is 14.7. The maximum absolute atomic E-state index is 2.64. The van der Waals surface area contributed by atoms with Crippen molar-refractivity contribution in [3.8, 4) is 5.69 Å². The third kappa shape index (κ3) is 3.76. The number of para-hydroxylation sites is 4. The molecule has 3 heteroatoms. The molecule has 232 valence electrons. The number of hydrogen-bond donors (Lipinski definition) is 0. The minimum Gasteiger partial charge on any atom is -0.341 e. The van der Waals surface area contributed by atoms with Gasteiger partial charge in [-0.2, -0.15) is 0 Å². The molecule has 0 saturated heterocycles. The van der Waals surface area contributed by atoms with Crippen molar-refractivity contribution in [2.24, 2.45) is 17.8 Å². The molecule has 48 heavy (non-hydrogen) atoms. The Hall–Kier alpha value is -5.28. The summed E-state index contributed by atoms with van der Waals surface area (Å²) in [5.41, 5.74) is 10.6. The Balaban J connectivity index is 1.05. The highest BCUT2D eigenvalue weighted by Crippen LogP contribution is 2.57. The average molecular weight is 620 g/mol. The van der Waals surface area contributed by atoms with Gasteiger partial charge in [-0.05, 0) is 91.1 Å². The molecule has 0 N–H and O–H groups in total. The first kappa shape index (κ1) is 26.8. The maximum atomic E-state index is 2.64. The van der Waals surface area contributed by atoms with E-state index in [9.17, 15) is 0 Å². The lowest BCUT2D eigenvalue weighted by Crippen LogP contribution is -2.14. The number of benzene rings is 5. The second-order valence-corrected chi connectivity index (χ2v) is 14.3. The van der Waals surface area contributed by atoms with Crippen LogP contribution in [-0.4, -0.2) is 13.7 Å². The topological polar surface area (TPSA) is 14.8 Å². The lowest BCUT2D eigenvalue weighted by molar-refractivity contribution is 0.556. The first-order valence-corrected chi connectivity index (χ1v) is 17.8. The molecule has 1 saturated carbocycles. The number of hydrogen-bond acceptors (Lipinski definition) is 0. The fraction of sp³-hybridized carbons (Fsp3) is 0.200. The molecule has 0 aliphatic heterocycles. The van der Waals surface area contributed by atoms with Crippen LogP contribution in [-0.2, 0) is 13.0 Å². The molecule has 0 bridgehead atoms. The van der Waals surface area contributed by atoms with Gasteiger partial charge in [0.05, 0.1) is 17.1 Å². The van der Waals surface area contributed by atoms with Gasteiger partial charge in [0.2, 0.25) is 0 Å². The van der Waals surface area contributed by atoms with Crippen molar-refractivity contribution in [2.45, 2.75) is 38.3 Å². The Morgan fingerprint density at radius 1 is 0.542 bits per heavy atom. The van der Waals surface area contributed by atoms with E-state index in [4.69, 9.17) is 0 Å². The lowest BCUT2D eigenvalue weighted by Gasteiger charge is -2.22. The molecule has 3 unspecified atom stereocenters. The highest BCUT2D eigenvalue weighted by atomic mass is 15.0. The van der Waals surface area contributed by atoms with Gasteiger partial charge in [0.15, 0.2) is 0 Å². The number of aromatic nitrogens is 3. The van der Waals surface area contributed by atoms with Crippen LogP contribution in [0.2, 0.25) is 0 Å². The molecule has 3 heterocycles. The van der Waals surface area contributed by atoms with Gasteiger partial charge >= 0.3 is 0 Å². The first-order chi connectivity index (χ1) is 23.8. The van der Waals surface area contributed by atoms with Gasteiger partial charge in [-0.25, -0.2) is 0 Å². The molecule has 5 aromatic carbocycles. The van der Waals surface area contributed by atoms with E-state index in [0.717, 1.165) is 30.7 Å². The summed E-state index contributed by atoms with van der Waals surface area (Å²) in [6.45, 7) is 1.07. The number of unbranched alkanes of at least 4 members (excludes halogenated alkanes) is 1. The third-order valence-corrected chi connectivity index (χ3v) is 11.9. The highest BCUT2D eigenvalue weighted by molar-refractivity contribution is 6.10. The summed E-state index contributed by atoms with van der Waals surface area (Å²) >= 11 is 0. The van der Waals surface area contributed by atoms with Crippen LogP contribution in [0.3, 0.4) is 0 Å². The van der Waals surface area contributed by atoms with Crippen LogP contribution in [0.4, 0.5) is 0 Å². The van der Waals surface area contributed by atoms with E-state index >= 15 is 0 Å². The predicted octanol–water partition coefficient (Wildman–Crippen LogP) is 11.3. The van der Waals surface area contributed by atoms with Gasteiger partial charge in [-0.3, -0.25) is 0 Å². The first-order valence-electron chi connectivity index (χ1n) is 17.8. The van der Waals surface area contributed by atoms with Crippen molar-refractivity contribution >= 4 is 60.6 Å². The number of fused-ring (bicyclic) bond motifs is 10. The van der Waals surface area contributed by atoms with Crippen LogP contribution in [0.25, 0.3) is 66.3 Å². The normalized spacial score (nSPS) is 21.0. The van der Waals surface area contributed by atoms with Crippen LogP contribution >= 0.6 is 0 Å². The van der Waals surface area contributed by atoms with Crippen molar-refractivity contribution in [3.05, 3.63) is 145 Å². The van der Waals surface area contributed by atoms with E-state index in [0.29, 0.717) is 0 Å². The van der Waals surface area contributed by atoms with Crippen molar-refractivity contribution in [3.63, 3.8) is 0 Å². The molecule has 1 fully saturated rings. The van der Waals surface area contributed by atoms with Gasteiger partial charge in [-0.1, -0.05) is 97.4 Å². The quantitative estimate of drug-likeness (QED) is 0.125. The Morgan fingerprint density at radius 2 is 1.12 bits per heavy atom. The van der Waals surface area contributed by atoms with Crippen LogP contribution in [0, 0.1) is 17.8 Å². The Bertz CT molecular complexity index is 2520. The van der Waals surface area contributed by atoms with Gasteiger partial charge < -0.3 is 13.7 Å². The second-order valence-electron chi connectivity index (χ2n) is 14.3. The van der Waals surface area contributed by atoms with Crippen molar-refractivity contribution < 1.29 is 0 Å². The molecule has 3 aliphatic carbocycles. The minimum atomic E-state index is 0.246. The smallest absolute Gasteiger partial charge is 0.0567 e. The van der Waals surface area contributed by atoms with E-state index in [1.54, 1.807) is 0 Å². The van der Waals surface area contributed by atoms with Crippen LogP contribution in [0.15, 0.2) is 133 Å². The predicted molar refractivity (Wildman–Crippen MR) is 201 cm³/mol. The molecule has 11 rings (SSSR count). The highest BCUT2D eigenvalue weighted by Gasteiger charge is 2.50. The zero-order valence-electron chi connectivity index (χ0n) is 27.0. The molecular weight excluding hydrogens is 583 g/mol. The zero-order chi connectivity index (χ0) is 31.3. The van der Waals surface area contributed by atoms with Crippen molar-refractivity contribution in [1.82, 2.24) is 13.7 Å². The van der Waals surface area contributed by atoms with E-state index in [-0.39, 0.29) is 6.04 Å². The summed E-state index contributed by atoms with van der Waals surface area (Å²) in [5, 5.41) is 6.68. The van der Waals surface area contributed by atoms with E-state index in [1.807, 2.05) is 0 Å². The molecule has 3 nitrogen and oxygen atoms in total. The van der Waals surface area contributed by atoms with E-state index in [2.05, 4.69) is 153 Å². The van der Waals surface area contributed by atoms with Crippen molar-refractivity contribution in [1.29, 1.82) is 0 Å². The number of rotatable bonds is 7. The molecule has 0 radical (unpaired) electrons. The molecule has 3 aromatic heterocycles. The minimum absolute atomic E-state index is 0.246. The Labute approximate surface area is 280 Å². The fourth-order valence-corrected chi connectivity index (χ4v) is 9.50. The second kappa shape index (κ2) is 10.1. The van der Waals surface area contributed by atoms with Gasteiger partial charge in [0.1, 0.15) is 0 Å². The zero-order valence-corrected chi connectivity index (χ0v) is 27.0.